The third-order valence-corrected chi connectivity index (χ3v) is 4.68. The minimum absolute atomic E-state index is 0.583. The van der Waals surface area contributed by atoms with Crippen LogP contribution in [0.2, 0.25) is 0 Å². The molecule has 7 heteroatoms. The number of aliphatic imine (C=N–C) groups is 1. The Balaban J connectivity index is 1.81. The molecule has 0 spiro atoms. The first-order valence-electron chi connectivity index (χ1n) is 9.98. The van der Waals surface area contributed by atoms with Crippen LogP contribution in [0.1, 0.15) is 13.3 Å². The number of methoxy groups -OCH3 is 1. The highest BCUT2D eigenvalue weighted by atomic mass is 16.5. The lowest BCUT2D eigenvalue weighted by atomic mass is 10.2. The van der Waals surface area contributed by atoms with E-state index in [9.17, 15) is 0 Å². The average Bonchev–Trinajstić information content (AvgIpc) is 2.83. The Morgan fingerprint density at radius 2 is 2.00 bits per heavy atom. The van der Waals surface area contributed by atoms with E-state index in [0.717, 1.165) is 34.3 Å². The van der Waals surface area contributed by atoms with Crippen molar-refractivity contribution in [3.8, 4) is 22.9 Å². The molecule has 0 saturated heterocycles. The van der Waals surface area contributed by atoms with Gasteiger partial charge in [-0.05, 0) is 55.6 Å². The maximum Gasteiger partial charge on any atom is 0.163 e. The SMILES string of the molecule is C=Nc1ccc(Nc2nc(-c3cccnc3)nc3ccc(OC)cc23)cc1OCCC. The topological polar surface area (TPSA) is 81.5 Å². The van der Waals surface area contributed by atoms with Crippen molar-refractivity contribution in [2.45, 2.75) is 13.3 Å². The van der Waals surface area contributed by atoms with Crippen molar-refractivity contribution in [3.63, 3.8) is 0 Å². The molecular formula is C24H23N5O2. The van der Waals surface area contributed by atoms with Crippen LogP contribution in [0.5, 0.6) is 11.5 Å². The highest BCUT2D eigenvalue weighted by molar-refractivity contribution is 5.93. The molecular weight excluding hydrogens is 390 g/mol. The van der Waals surface area contributed by atoms with Crippen LogP contribution in [0.3, 0.4) is 0 Å². The van der Waals surface area contributed by atoms with Gasteiger partial charge in [-0.2, -0.15) is 0 Å². The van der Waals surface area contributed by atoms with Crippen molar-refractivity contribution < 1.29 is 9.47 Å². The summed E-state index contributed by atoms with van der Waals surface area (Å²) in [5, 5.41) is 4.25. The number of hydrogen-bond acceptors (Lipinski definition) is 7. The fourth-order valence-electron chi connectivity index (χ4n) is 3.14. The largest absolute Gasteiger partial charge is 0.497 e. The quantitative estimate of drug-likeness (QED) is 0.381. The zero-order valence-electron chi connectivity index (χ0n) is 17.5. The van der Waals surface area contributed by atoms with E-state index >= 15 is 0 Å². The van der Waals surface area contributed by atoms with Gasteiger partial charge in [0.2, 0.25) is 0 Å². The summed E-state index contributed by atoms with van der Waals surface area (Å²) in [7, 11) is 1.64. The van der Waals surface area contributed by atoms with Gasteiger partial charge >= 0.3 is 0 Å². The molecule has 31 heavy (non-hydrogen) atoms. The zero-order chi connectivity index (χ0) is 21.6. The Hall–Kier alpha value is -4.00. The van der Waals surface area contributed by atoms with Gasteiger partial charge in [0.1, 0.15) is 23.0 Å². The Morgan fingerprint density at radius 3 is 2.74 bits per heavy atom. The van der Waals surface area contributed by atoms with Gasteiger partial charge < -0.3 is 14.8 Å². The monoisotopic (exact) mass is 413 g/mol. The number of rotatable bonds is 8. The summed E-state index contributed by atoms with van der Waals surface area (Å²) in [6.07, 6.45) is 4.37. The number of fused-ring (bicyclic) bond motifs is 1. The summed E-state index contributed by atoms with van der Waals surface area (Å²) in [6, 6.07) is 15.2. The molecule has 7 nitrogen and oxygen atoms in total. The van der Waals surface area contributed by atoms with E-state index in [1.807, 2.05) is 48.5 Å². The number of benzene rings is 2. The summed E-state index contributed by atoms with van der Waals surface area (Å²) < 4.78 is 11.2. The average molecular weight is 413 g/mol. The van der Waals surface area contributed by atoms with Gasteiger partial charge in [-0.3, -0.25) is 9.98 Å². The number of nitrogens with one attached hydrogen (secondary N) is 1. The molecule has 0 fully saturated rings. The van der Waals surface area contributed by atoms with E-state index in [4.69, 9.17) is 19.4 Å². The number of hydrogen-bond donors (Lipinski definition) is 1. The summed E-state index contributed by atoms with van der Waals surface area (Å²) in [5.74, 6) is 2.64. The second-order valence-corrected chi connectivity index (χ2v) is 6.83. The van der Waals surface area contributed by atoms with Gasteiger partial charge in [-0.1, -0.05) is 6.92 Å². The molecule has 0 radical (unpaired) electrons. The van der Waals surface area contributed by atoms with Crippen LogP contribution in [-0.2, 0) is 0 Å². The minimum atomic E-state index is 0.583. The standard InChI is InChI=1S/C24H23N5O2/c1-4-12-31-22-13-17(7-9-21(22)25-2)27-24-19-14-18(30-3)8-10-20(19)28-23(29-24)16-6-5-11-26-15-16/h5-11,13-15H,2,4,12H2,1,3H3,(H,27,28,29). The third-order valence-electron chi connectivity index (χ3n) is 4.68. The highest BCUT2D eigenvalue weighted by Gasteiger charge is 2.12. The van der Waals surface area contributed by atoms with Crippen molar-refractivity contribution >= 4 is 34.8 Å². The number of anilines is 2. The molecule has 0 bridgehead atoms. The second kappa shape index (κ2) is 9.21. The van der Waals surface area contributed by atoms with E-state index < -0.39 is 0 Å². The van der Waals surface area contributed by atoms with Gasteiger partial charge in [0, 0.05) is 35.1 Å². The van der Waals surface area contributed by atoms with E-state index in [1.165, 1.54) is 0 Å². The molecule has 2 aromatic heterocycles. The lowest BCUT2D eigenvalue weighted by Crippen LogP contribution is -2.01. The first-order valence-corrected chi connectivity index (χ1v) is 9.98. The van der Waals surface area contributed by atoms with Crippen molar-refractivity contribution in [1.82, 2.24) is 15.0 Å². The molecule has 0 aliphatic rings. The van der Waals surface area contributed by atoms with Crippen molar-refractivity contribution in [2.75, 3.05) is 19.0 Å². The molecule has 0 aliphatic heterocycles. The first-order chi connectivity index (χ1) is 15.2. The minimum Gasteiger partial charge on any atom is -0.497 e. The van der Waals surface area contributed by atoms with Crippen molar-refractivity contribution in [2.24, 2.45) is 4.99 Å². The Morgan fingerprint density at radius 1 is 1.10 bits per heavy atom. The van der Waals surface area contributed by atoms with E-state index in [0.29, 0.717) is 29.7 Å². The molecule has 4 aromatic rings. The first kappa shape index (κ1) is 20.3. The molecule has 0 aliphatic carbocycles. The number of ether oxygens (including phenoxy) is 2. The van der Waals surface area contributed by atoms with E-state index in [-0.39, 0.29) is 0 Å². The van der Waals surface area contributed by atoms with Crippen LogP contribution in [0.25, 0.3) is 22.3 Å². The Labute approximate surface area is 180 Å². The predicted octanol–water partition coefficient (Wildman–Crippen LogP) is 5.56. The Bertz CT molecular complexity index is 1210. The van der Waals surface area contributed by atoms with Crippen LogP contribution in [0, 0.1) is 0 Å². The fraction of sp³-hybridized carbons (Fsp3) is 0.167. The summed E-state index contributed by atoms with van der Waals surface area (Å²) in [4.78, 5) is 17.7. The molecule has 2 heterocycles. The summed E-state index contributed by atoms with van der Waals surface area (Å²) >= 11 is 0. The van der Waals surface area contributed by atoms with Crippen LogP contribution < -0.4 is 14.8 Å². The second-order valence-electron chi connectivity index (χ2n) is 6.83. The van der Waals surface area contributed by atoms with Crippen molar-refractivity contribution in [3.05, 3.63) is 60.9 Å². The maximum absolute atomic E-state index is 5.84. The molecule has 0 atom stereocenters. The van der Waals surface area contributed by atoms with Gasteiger partial charge in [0.25, 0.3) is 0 Å². The lowest BCUT2D eigenvalue weighted by Gasteiger charge is -2.14. The zero-order valence-corrected chi connectivity index (χ0v) is 17.5. The smallest absolute Gasteiger partial charge is 0.163 e. The molecule has 156 valence electrons. The van der Waals surface area contributed by atoms with Gasteiger partial charge in [-0.25, -0.2) is 9.97 Å². The number of pyridine rings is 1. The van der Waals surface area contributed by atoms with Crippen LogP contribution in [0.4, 0.5) is 17.2 Å². The molecule has 1 N–H and O–H groups in total. The van der Waals surface area contributed by atoms with Crippen LogP contribution in [-0.4, -0.2) is 35.4 Å². The molecule has 0 amide bonds. The fourth-order valence-corrected chi connectivity index (χ4v) is 3.14. The maximum atomic E-state index is 5.84. The highest BCUT2D eigenvalue weighted by Crippen LogP contribution is 2.34. The predicted molar refractivity (Wildman–Crippen MR) is 124 cm³/mol. The van der Waals surface area contributed by atoms with E-state index in [2.05, 4.69) is 28.9 Å². The molecule has 4 rings (SSSR count). The van der Waals surface area contributed by atoms with Crippen LogP contribution in [0.15, 0.2) is 65.9 Å². The number of nitrogens with zero attached hydrogens (tertiary/aromatic N) is 4. The van der Waals surface area contributed by atoms with Crippen LogP contribution >= 0.6 is 0 Å². The number of aromatic nitrogens is 3. The third kappa shape index (κ3) is 4.45. The van der Waals surface area contributed by atoms with Gasteiger partial charge in [0.05, 0.1) is 19.2 Å². The molecule has 0 saturated carbocycles. The van der Waals surface area contributed by atoms with Gasteiger partial charge in [0.15, 0.2) is 5.82 Å². The van der Waals surface area contributed by atoms with Crippen molar-refractivity contribution in [1.29, 1.82) is 0 Å². The molecule has 2 aromatic carbocycles. The van der Waals surface area contributed by atoms with Gasteiger partial charge in [-0.15, -0.1) is 0 Å². The molecule has 0 unspecified atom stereocenters. The Kier molecular flexibility index (Phi) is 6.03. The summed E-state index contributed by atoms with van der Waals surface area (Å²) in [6.45, 7) is 6.29. The lowest BCUT2D eigenvalue weighted by molar-refractivity contribution is 0.319. The summed E-state index contributed by atoms with van der Waals surface area (Å²) in [5.41, 5.74) is 3.15. The normalized spacial score (nSPS) is 10.6. The van der Waals surface area contributed by atoms with E-state index in [1.54, 1.807) is 19.5 Å².